The van der Waals surface area contributed by atoms with Crippen molar-refractivity contribution in [2.75, 3.05) is 25.1 Å². The first-order chi connectivity index (χ1) is 9.09. The first-order valence-corrected chi connectivity index (χ1v) is 9.00. The molecule has 7 nitrogen and oxygen atoms in total. The number of hydrogen-bond donors (Lipinski definition) is 3. The Hall–Kier alpha value is -1.16. The van der Waals surface area contributed by atoms with Crippen molar-refractivity contribution in [3.63, 3.8) is 0 Å². The Bertz CT molecular complexity index is 697. The molecule has 1 aromatic carbocycles. The molecule has 0 aromatic heterocycles. The molecule has 9 heteroatoms. The van der Waals surface area contributed by atoms with E-state index in [0.717, 1.165) is 5.56 Å². The average molecular weight is 321 g/mol. The lowest BCUT2D eigenvalue weighted by molar-refractivity contribution is 0.578. The smallest absolute Gasteiger partial charge is 0.240 e. The predicted octanol–water partition coefficient (Wildman–Crippen LogP) is -0.287. The molecule has 0 aliphatic heterocycles. The van der Waals surface area contributed by atoms with Crippen LogP contribution in [-0.2, 0) is 20.0 Å². The van der Waals surface area contributed by atoms with Crippen LogP contribution in [0.5, 0.6) is 0 Å². The van der Waals surface area contributed by atoms with Crippen LogP contribution in [-0.4, -0.2) is 36.2 Å². The highest BCUT2D eigenvalue weighted by Gasteiger charge is 2.19. The maximum Gasteiger partial charge on any atom is 0.240 e. The van der Waals surface area contributed by atoms with E-state index in [1.807, 2.05) is 0 Å². The van der Waals surface area contributed by atoms with E-state index in [1.54, 1.807) is 19.9 Å². The second kappa shape index (κ2) is 6.08. The summed E-state index contributed by atoms with van der Waals surface area (Å²) < 4.78 is 51.1. The second-order valence-electron chi connectivity index (χ2n) is 4.38. The van der Waals surface area contributed by atoms with Crippen LogP contribution in [0.2, 0.25) is 0 Å². The van der Waals surface area contributed by atoms with Gasteiger partial charge in [0.15, 0.2) is 0 Å². The Morgan fingerprint density at radius 1 is 1.15 bits per heavy atom. The fourth-order valence-electron chi connectivity index (χ4n) is 1.62. The van der Waals surface area contributed by atoms with Crippen LogP contribution in [0.3, 0.4) is 0 Å². The van der Waals surface area contributed by atoms with Gasteiger partial charge in [-0.15, -0.1) is 0 Å². The number of hydrogen-bond acceptors (Lipinski definition) is 5. The van der Waals surface area contributed by atoms with Crippen molar-refractivity contribution >= 4 is 25.7 Å². The first-order valence-electron chi connectivity index (χ1n) is 5.86. The lowest BCUT2D eigenvalue weighted by Gasteiger charge is -2.12. The van der Waals surface area contributed by atoms with Gasteiger partial charge in [0.2, 0.25) is 20.0 Å². The van der Waals surface area contributed by atoms with Crippen LogP contribution in [0.25, 0.3) is 0 Å². The summed E-state index contributed by atoms with van der Waals surface area (Å²) in [6, 6.07) is 3.04. The molecule has 1 aromatic rings. The minimum atomic E-state index is -3.79. The number of sulfonamides is 2. The standard InChI is InChI=1S/C11H19N3O4S2/c1-8-6-10(12)7-11(9(8)2)20(17,18)14-4-5-19(15,16)13-3/h6-7,13-14H,4-5,12H2,1-3H3. The van der Waals surface area contributed by atoms with Gasteiger partial charge in [-0.2, -0.15) is 0 Å². The predicted molar refractivity (Wildman–Crippen MR) is 78.4 cm³/mol. The SMILES string of the molecule is CNS(=O)(=O)CCNS(=O)(=O)c1cc(N)cc(C)c1C. The molecule has 0 fully saturated rings. The molecule has 0 saturated heterocycles. The summed E-state index contributed by atoms with van der Waals surface area (Å²) in [4.78, 5) is 0.0665. The average Bonchev–Trinajstić information content (AvgIpc) is 2.33. The Labute approximate surface area is 119 Å². The summed E-state index contributed by atoms with van der Waals surface area (Å²) >= 11 is 0. The minimum absolute atomic E-state index is 0.0665. The van der Waals surface area contributed by atoms with Crippen molar-refractivity contribution in [3.05, 3.63) is 23.3 Å². The maximum absolute atomic E-state index is 12.1. The van der Waals surface area contributed by atoms with Gasteiger partial charge in [-0.1, -0.05) is 0 Å². The Morgan fingerprint density at radius 2 is 1.75 bits per heavy atom. The third kappa shape index (κ3) is 4.17. The topological polar surface area (TPSA) is 118 Å². The molecule has 0 aliphatic rings. The summed E-state index contributed by atoms with van der Waals surface area (Å²) in [5, 5.41) is 0. The van der Waals surface area contributed by atoms with E-state index in [-0.39, 0.29) is 17.2 Å². The monoisotopic (exact) mass is 321 g/mol. The van der Waals surface area contributed by atoms with E-state index in [9.17, 15) is 16.8 Å². The van der Waals surface area contributed by atoms with Crippen LogP contribution >= 0.6 is 0 Å². The molecule has 0 amide bonds. The number of nitrogens with two attached hydrogens (primary N) is 1. The third-order valence-electron chi connectivity index (χ3n) is 2.91. The minimum Gasteiger partial charge on any atom is -0.399 e. The lowest BCUT2D eigenvalue weighted by atomic mass is 10.1. The van der Waals surface area contributed by atoms with Crippen molar-refractivity contribution in [1.29, 1.82) is 0 Å². The molecule has 20 heavy (non-hydrogen) atoms. The molecule has 0 unspecified atom stereocenters. The molecule has 0 spiro atoms. The second-order valence-corrected chi connectivity index (χ2v) is 8.16. The largest absolute Gasteiger partial charge is 0.399 e. The molecule has 0 aliphatic carbocycles. The summed E-state index contributed by atoms with van der Waals surface area (Å²) in [6.07, 6.45) is 0. The highest BCUT2D eigenvalue weighted by Crippen LogP contribution is 2.21. The van der Waals surface area contributed by atoms with Gasteiger partial charge in [0.05, 0.1) is 10.6 Å². The molecular formula is C11H19N3O4S2. The van der Waals surface area contributed by atoms with Gasteiger partial charge < -0.3 is 5.73 Å². The van der Waals surface area contributed by atoms with Crippen LogP contribution in [0.4, 0.5) is 5.69 Å². The molecular weight excluding hydrogens is 302 g/mol. The van der Waals surface area contributed by atoms with E-state index in [0.29, 0.717) is 11.3 Å². The molecule has 4 N–H and O–H groups in total. The van der Waals surface area contributed by atoms with Gasteiger partial charge in [-0.05, 0) is 44.2 Å². The van der Waals surface area contributed by atoms with Gasteiger partial charge in [0.25, 0.3) is 0 Å². The van der Waals surface area contributed by atoms with Crippen LogP contribution < -0.4 is 15.2 Å². The molecule has 0 heterocycles. The summed E-state index contributed by atoms with van der Waals surface area (Å²) in [5.41, 5.74) is 7.33. The normalized spacial score (nSPS) is 12.6. The summed E-state index contributed by atoms with van der Waals surface area (Å²) in [7, 11) is -5.97. The number of benzene rings is 1. The van der Waals surface area contributed by atoms with Gasteiger partial charge in [-0.25, -0.2) is 26.3 Å². The van der Waals surface area contributed by atoms with Crippen LogP contribution in [0.15, 0.2) is 17.0 Å². The Kier molecular flexibility index (Phi) is 5.14. The first kappa shape index (κ1) is 16.9. The maximum atomic E-state index is 12.1. The van der Waals surface area contributed by atoms with E-state index in [4.69, 9.17) is 5.73 Å². The number of aryl methyl sites for hydroxylation is 1. The summed E-state index contributed by atoms with van der Waals surface area (Å²) in [6.45, 7) is 3.22. The number of rotatable bonds is 6. The molecule has 0 saturated carbocycles. The van der Waals surface area contributed by atoms with Crippen LogP contribution in [0.1, 0.15) is 11.1 Å². The van der Waals surface area contributed by atoms with Crippen molar-refractivity contribution in [2.24, 2.45) is 0 Å². The molecule has 0 radical (unpaired) electrons. The zero-order valence-electron chi connectivity index (χ0n) is 11.6. The number of anilines is 1. The van der Waals surface area contributed by atoms with Gasteiger partial charge in [-0.3, -0.25) is 0 Å². The van der Waals surface area contributed by atoms with Crippen molar-refractivity contribution in [2.45, 2.75) is 18.7 Å². The molecule has 114 valence electrons. The zero-order chi connectivity index (χ0) is 15.6. The molecule has 0 bridgehead atoms. The Morgan fingerprint density at radius 3 is 2.30 bits per heavy atom. The van der Waals surface area contributed by atoms with Gasteiger partial charge >= 0.3 is 0 Å². The van der Waals surface area contributed by atoms with Crippen LogP contribution in [0, 0.1) is 13.8 Å². The van der Waals surface area contributed by atoms with Crippen molar-refractivity contribution in [3.8, 4) is 0 Å². The van der Waals surface area contributed by atoms with E-state index in [2.05, 4.69) is 9.44 Å². The third-order valence-corrected chi connectivity index (χ3v) is 5.86. The van der Waals surface area contributed by atoms with Crippen molar-refractivity contribution < 1.29 is 16.8 Å². The fraction of sp³-hybridized carbons (Fsp3) is 0.455. The fourth-order valence-corrected chi connectivity index (χ4v) is 3.71. The van der Waals surface area contributed by atoms with Gasteiger partial charge in [0, 0.05) is 12.2 Å². The zero-order valence-corrected chi connectivity index (χ0v) is 13.2. The Balaban J connectivity index is 2.96. The van der Waals surface area contributed by atoms with Crippen molar-refractivity contribution in [1.82, 2.24) is 9.44 Å². The molecule has 1 rings (SSSR count). The summed E-state index contributed by atoms with van der Waals surface area (Å²) in [5.74, 6) is -0.330. The molecule has 0 atom stereocenters. The number of nitrogen functional groups attached to an aromatic ring is 1. The lowest BCUT2D eigenvalue weighted by Crippen LogP contribution is -2.33. The van der Waals surface area contributed by atoms with Gasteiger partial charge in [0.1, 0.15) is 0 Å². The van der Waals surface area contributed by atoms with E-state index >= 15 is 0 Å². The van der Waals surface area contributed by atoms with E-state index < -0.39 is 20.0 Å². The highest BCUT2D eigenvalue weighted by molar-refractivity contribution is 7.90. The quantitative estimate of drug-likeness (QED) is 0.622. The van der Waals surface area contributed by atoms with E-state index in [1.165, 1.54) is 13.1 Å². The number of nitrogens with one attached hydrogen (secondary N) is 2. The highest BCUT2D eigenvalue weighted by atomic mass is 32.2.